The van der Waals surface area contributed by atoms with E-state index in [1.165, 1.54) is 24.8 Å². The number of hydrogen-bond acceptors (Lipinski definition) is 2. The minimum atomic E-state index is -0.655. The summed E-state index contributed by atoms with van der Waals surface area (Å²) in [5, 5.41) is 9.48. The molecule has 1 aliphatic heterocycles. The van der Waals surface area contributed by atoms with E-state index < -0.39 is 5.97 Å². The van der Waals surface area contributed by atoms with Gasteiger partial charge in [0.15, 0.2) is 0 Å². The summed E-state index contributed by atoms with van der Waals surface area (Å²) in [6, 6.07) is 10.4. The van der Waals surface area contributed by atoms with Crippen LogP contribution in [-0.4, -0.2) is 34.6 Å². The summed E-state index contributed by atoms with van der Waals surface area (Å²) in [6.07, 6.45) is 9.91. The molecule has 0 unspecified atom stereocenters. The average Bonchev–Trinajstić information content (AvgIpc) is 2.88. The molecule has 3 nitrogen and oxygen atoms in total. The molecular formula is C18H23NO2. The first-order valence-electron chi connectivity index (χ1n) is 7.96. The number of aliphatic carboxylic acids is 1. The molecule has 1 aliphatic carbocycles. The Kier molecular flexibility index (Phi) is 4.39. The highest BCUT2D eigenvalue weighted by atomic mass is 16.4. The van der Waals surface area contributed by atoms with Crippen LogP contribution < -0.4 is 0 Å². The number of carboxylic acids is 1. The van der Waals surface area contributed by atoms with Gasteiger partial charge in [-0.25, -0.2) is 0 Å². The Labute approximate surface area is 126 Å². The van der Waals surface area contributed by atoms with Crippen LogP contribution >= 0.6 is 0 Å². The van der Waals surface area contributed by atoms with E-state index in [1.807, 2.05) is 18.2 Å². The van der Waals surface area contributed by atoms with Crippen LogP contribution in [0.4, 0.5) is 0 Å². The Hall–Kier alpha value is -1.61. The zero-order valence-corrected chi connectivity index (χ0v) is 12.3. The van der Waals surface area contributed by atoms with E-state index in [9.17, 15) is 9.90 Å². The Balaban J connectivity index is 1.69. The van der Waals surface area contributed by atoms with Crippen molar-refractivity contribution in [3.8, 4) is 0 Å². The van der Waals surface area contributed by atoms with E-state index in [1.54, 1.807) is 0 Å². The molecule has 1 saturated heterocycles. The minimum absolute atomic E-state index is 0.293. The smallest absolute Gasteiger partial charge is 0.320 e. The molecule has 2 fully saturated rings. The summed E-state index contributed by atoms with van der Waals surface area (Å²) in [7, 11) is 0. The molecule has 0 radical (unpaired) electrons. The number of fused-ring (bicyclic) bond motifs is 1. The highest BCUT2D eigenvalue weighted by Crippen LogP contribution is 2.39. The van der Waals surface area contributed by atoms with Crippen LogP contribution in [-0.2, 0) is 4.79 Å². The SMILES string of the molecule is O=C(O)[C@@H]1C[C@@H]2CCCC[C@H]2N1C/C=C\c1ccccc1. The van der Waals surface area contributed by atoms with E-state index >= 15 is 0 Å². The molecule has 1 aromatic carbocycles. The molecule has 112 valence electrons. The molecule has 0 amide bonds. The van der Waals surface area contributed by atoms with Gasteiger partial charge in [0.2, 0.25) is 0 Å². The molecule has 3 atom stereocenters. The van der Waals surface area contributed by atoms with Crippen LogP contribution in [0, 0.1) is 5.92 Å². The van der Waals surface area contributed by atoms with E-state index in [-0.39, 0.29) is 6.04 Å². The van der Waals surface area contributed by atoms with Gasteiger partial charge in [-0.15, -0.1) is 0 Å². The van der Waals surface area contributed by atoms with Crippen LogP contribution in [0.3, 0.4) is 0 Å². The van der Waals surface area contributed by atoms with Crippen LogP contribution in [0.2, 0.25) is 0 Å². The van der Waals surface area contributed by atoms with Crippen LogP contribution in [0.25, 0.3) is 6.08 Å². The number of hydrogen-bond donors (Lipinski definition) is 1. The minimum Gasteiger partial charge on any atom is -0.480 e. The predicted octanol–water partition coefficient (Wildman–Crippen LogP) is 3.42. The molecule has 1 heterocycles. The molecule has 0 bridgehead atoms. The lowest BCUT2D eigenvalue weighted by Gasteiger charge is -2.32. The standard InChI is InChI=1S/C18H23NO2/c20-18(21)17-13-15-10-4-5-11-16(15)19(17)12-6-9-14-7-2-1-3-8-14/h1-3,6-9,15-17H,4-5,10-13H2,(H,20,21)/b9-6-/t15-,16+,17-/m0/s1. The van der Waals surface area contributed by atoms with Gasteiger partial charge in [-0.3, -0.25) is 9.69 Å². The molecule has 3 rings (SSSR count). The predicted molar refractivity (Wildman–Crippen MR) is 84.0 cm³/mol. The number of benzene rings is 1. The quantitative estimate of drug-likeness (QED) is 0.921. The summed E-state index contributed by atoms with van der Waals surface area (Å²) in [5.41, 5.74) is 1.17. The van der Waals surface area contributed by atoms with Crippen molar-refractivity contribution < 1.29 is 9.90 Å². The Morgan fingerprint density at radius 2 is 2.00 bits per heavy atom. The fourth-order valence-corrected chi connectivity index (χ4v) is 3.93. The van der Waals surface area contributed by atoms with Crippen molar-refractivity contribution in [3.63, 3.8) is 0 Å². The largest absolute Gasteiger partial charge is 0.480 e. The van der Waals surface area contributed by atoms with Gasteiger partial charge < -0.3 is 5.11 Å². The fraction of sp³-hybridized carbons (Fsp3) is 0.500. The lowest BCUT2D eigenvalue weighted by molar-refractivity contribution is -0.142. The number of carboxylic acid groups (broad SMARTS) is 1. The van der Waals surface area contributed by atoms with Crippen molar-refractivity contribution in [2.75, 3.05) is 6.54 Å². The maximum atomic E-state index is 11.5. The Morgan fingerprint density at radius 3 is 2.76 bits per heavy atom. The summed E-state index contributed by atoms with van der Waals surface area (Å²) in [6.45, 7) is 0.743. The molecule has 1 N–H and O–H groups in total. The third kappa shape index (κ3) is 3.18. The zero-order chi connectivity index (χ0) is 14.7. The van der Waals surface area contributed by atoms with Crippen molar-refractivity contribution in [3.05, 3.63) is 42.0 Å². The number of likely N-dealkylation sites (tertiary alicyclic amines) is 1. The van der Waals surface area contributed by atoms with Gasteiger partial charge in [0.05, 0.1) is 0 Å². The topological polar surface area (TPSA) is 40.5 Å². The van der Waals surface area contributed by atoms with Gasteiger partial charge in [-0.2, -0.15) is 0 Å². The van der Waals surface area contributed by atoms with Crippen molar-refractivity contribution in [2.45, 2.75) is 44.2 Å². The second-order valence-electron chi connectivity index (χ2n) is 6.21. The third-order valence-electron chi connectivity index (χ3n) is 4.93. The number of carbonyl (C=O) groups is 1. The van der Waals surface area contributed by atoms with E-state index in [4.69, 9.17) is 0 Å². The lowest BCUT2D eigenvalue weighted by atomic mass is 9.85. The number of nitrogens with zero attached hydrogens (tertiary/aromatic N) is 1. The molecule has 1 aromatic rings. The second kappa shape index (κ2) is 6.44. The van der Waals surface area contributed by atoms with E-state index in [2.05, 4.69) is 29.2 Å². The van der Waals surface area contributed by atoms with Crippen molar-refractivity contribution in [1.82, 2.24) is 4.90 Å². The second-order valence-corrected chi connectivity index (χ2v) is 6.21. The lowest BCUT2D eigenvalue weighted by Crippen LogP contribution is -2.42. The van der Waals surface area contributed by atoms with Crippen molar-refractivity contribution in [1.29, 1.82) is 0 Å². The highest BCUT2D eigenvalue weighted by Gasteiger charge is 2.44. The first kappa shape index (κ1) is 14.3. The normalized spacial score (nSPS) is 29.6. The molecular weight excluding hydrogens is 262 g/mol. The molecule has 0 spiro atoms. The van der Waals surface area contributed by atoms with Gasteiger partial charge in [0, 0.05) is 12.6 Å². The summed E-state index contributed by atoms with van der Waals surface area (Å²) >= 11 is 0. The van der Waals surface area contributed by atoms with E-state index in [0.29, 0.717) is 12.0 Å². The molecule has 21 heavy (non-hydrogen) atoms. The van der Waals surface area contributed by atoms with Crippen LogP contribution in [0.5, 0.6) is 0 Å². The average molecular weight is 285 g/mol. The summed E-state index contributed by atoms with van der Waals surface area (Å²) in [4.78, 5) is 13.7. The Morgan fingerprint density at radius 1 is 1.24 bits per heavy atom. The zero-order valence-electron chi connectivity index (χ0n) is 12.3. The first-order chi connectivity index (χ1) is 10.3. The van der Waals surface area contributed by atoms with Crippen LogP contribution in [0.1, 0.15) is 37.7 Å². The Bertz CT molecular complexity index is 511. The molecule has 1 saturated carbocycles. The van der Waals surface area contributed by atoms with Crippen molar-refractivity contribution in [2.24, 2.45) is 5.92 Å². The van der Waals surface area contributed by atoms with Crippen molar-refractivity contribution >= 4 is 12.0 Å². The monoisotopic (exact) mass is 285 g/mol. The maximum Gasteiger partial charge on any atom is 0.320 e. The van der Waals surface area contributed by atoms with E-state index in [0.717, 1.165) is 19.4 Å². The van der Waals surface area contributed by atoms with Gasteiger partial charge in [0.1, 0.15) is 6.04 Å². The molecule has 0 aromatic heterocycles. The first-order valence-corrected chi connectivity index (χ1v) is 7.96. The van der Waals surface area contributed by atoms with Gasteiger partial charge in [0.25, 0.3) is 0 Å². The molecule has 2 aliphatic rings. The number of rotatable bonds is 4. The summed E-state index contributed by atoms with van der Waals surface area (Å²) < 4.78 is 0. The van der Waals surface area contributed by atoms with Gasteiger partial charge in [-0.05, 0) is 30.7 Å². The maximum absolute atomic E-state index is 11.5. The fourth-order valence-electron chi connectivity index (χ4n) is 3.93. The van der Waals surface area contributed by atoms with Gasteiger partial charge >= 0.3 is 5.97 Å². The van der Waals surface area contributed by atoms with Gasteiger partial charge in [-0.1, -0.05) is 55.3 Å². The third-order valence-corrected chi connectivity index (χ3v) is 4.93. The summed E-state index contributed by atoms with van der Waals surface area (Å²) in [5.74, 6) is -0.0671. The molecule has 3 heteroatoms. The highest BCUT2D eigenvalue weighted by molar-refractivity contribution is 5.74. The van der Waals surface area contributed by atoms with Crippen LogP contribution in [0.15, 0.2) is 36.4 Å².